The van der Waals surface area contributed by atoms with Gasteiger partial charge in [-0.15, -0.1) is 0 Å². The first-order valence-electron chi connectivity index (χ1n) is 3.35. The monoisotopic (exact) mass is 201 g/mol. The quantitative estimate of drug-likeness (QED) is 0.613. The van der Waals surface area contributed by atoms with Gasteiger partial charge in [-0.3, -0.25) is 4.40 Å². The molecule has 2 rings (SSSR count). The second-order valence-electron chi connectivity index (χ2n) is 2.42. The number of rotatable bonds is 0. The van der Waals surface area contributed by atoms with Gasteiger partial charge < -0.3 is 0 Å². The third-order valence-corrected chi connectivity index (χ3v) is 2.48. The van der Waals surface area contributed by atoms with Gasteiger partial charge in [0.2, 0.25) is 5.78 Å². The predicted molar refractivity (Wildman–Crippen MR) is 47.7 cm³/mol. The van der Waals surface area contributed by atoms with Crippen LogP contribution < -0.4 is 0 Å². The minimum Gasteiger partial charge on any atom is -0.274 e. The second-order valence-corrected chi connectivity index (χ2v) is 3.13. The lowest BCUT2D eigenvalue weighted by atomic mass is 10.4. The Balaban J connectivity index is 2.94. The molecule has 0 saturated carbocycles. The number of aromatic nitrogens is 3. The number of fused-ring (bicyclic) bond motifs is 1. The molecular weight excluding hydrogens is 197 g/mol. The van der Waals surface area contributed by atoms with E-state index in [1.54, 1.807) is 16.8 Å². The van der Waals surface area contributed by atoms with Gasteiger partial charge in [0.05, 0.1) is 0 Å². The van der Waals surface area contributed by atoms with E-state index < -0.39 is 0 Å². The first-order chi connectivity index (χ1) is 5.70. The summed E-state index contributed by atoms with van der Waals surface area (Å²) in [5.74, 6) is 0.524. The van der Waals surface area contributed by atoms with Gasteiger partial charge in [-0.2, -0.15) is 0 Å². The molecule has 0 N–H and O–H groups in total. The van der Waals surface area contributed by atoms with Crippen molar-refractivity contribution in [3.63, 3.8) is 0 Å². The average Bonchev–Trinajstić information content (AvgIpc) is 2.48. The van der Waals surface area contributed by atoms with Gasteiger partial charge >= 0.3 is 0 Å². The molecule has 3 nitrogen and oxygen atoms in total. The van der Waals surface area contributed by atoms with Gasteiger partial charge in [-0.1, -0.05) is 23.2 Å². The Hall–Kier alpha value is -0.800. The van der Waals surface area contributed by atoms with Gasteiger partial charge in [0.1, 0.15) is 10.3 Å². The van der Waals surface area contributed by atoms with Gasteiger partial charge in [0.25, 0.3) is 0 Å². The molecule has 0 unspecified atom stereocenters. The molecule has 0 atom stereocenters. The first kappa shape index (κ1) is 7.83. The lowest BCUT2D eigenvalue weighted by Crippen LogP contribution is -1.94. The Morgan fingerprint density at radius 2 is 2.17 bits per heavy atom. The number of hydrogen-bond donors (Lipinski definition) is 0. The summed E-state index contributed by atoms with van der Waals surface area (Å²) < 4.78 is 1.68. The standard InChI is InChI=1S/C7H5Cl2N3/c1-4-5(8)11-7-10-2-3-12(7)6(4)9/h2-3H,1H3. The third-order valence-electron chi connectivity index (χ3n) is 1.65. The molecule has 2 aromatic rings. The zero-order valence-electron chi connectivity index (χ0n) is 6.25. The summed E-state index contributed by atoms with van der Waals surface area (Å²) in [6, 6.07) is 0. The molecule has 0 fully saturated rings. The molecule has 12 heavy (non-hydrogen) atoms. The van der Waals surface area contributed by atoms with Crippen LogP contribution in [-0.4, -0.2) is 14.4 Å². The zero-order chi connectivity index (χ0) is 8.72. The molecular formula is C7H5Cl2N3. The van der Waals surface area contributed by atoms with Crippen LogP contribution in [0.25, 0.3) is 5.78 Å². The Labute approximate surface area is 79.0 Å². The smallest absolute Gasteiger partial charge is 0.236 e. The van der Waals surface area contributed by atoms with E-state index in [-0.39, 0.29) is 0 Å². The summed E-state index contributed by atoms with van der Waals surface area (Å²) >= 11 is 11.8. The van der Waals surface area contributed by atoms with Crippen molar-refractivity contribution in [3.05, 3.63) is 28.3 Å². The van der Waals surface area contributed by atoms with E-state index in [2.05, 4.69) is 9.97 Å². The molecule has 2 aromatic heterocycles. The topological polar surface area (TPSA) is 30.2 Å². The van der Waals surface area contributed by atoms with Crippen molar-refractivity contribution in [1.82, 2.24) is 14.4 Å². The molecule has 0 spiro atoms. The molecule has 5 heteroatoms. The average molecular weight is 202 g/mol. The summed E-state index contributed by atoms with van der Waals surface area (Å²) in [5, 5.41) is 0.959. The van der Waals surface area contributed by atoms with E-state index in [1.807, 2.05) is 6.92 Å². The summed E-state index contributed by atoms with van der Waals surface area (Å²) in [7, 11) is 0. The molecule has 0 aliphatic rings. The van der Waals surface area contributed by atoms with Crippen molar-refractivity contribution in [2.45, 2.75) is 6.92 Å². The molecule has 0 bridgehead atoms. The maximum atomic E-state index is 5.97. The van der Waals surface area contributed by atoms with E-state index >= 15 is 0 Å². The fourth-order valence-electron chi connectivity index (χ4n) is 0.969. The minimum atomic E-state index is 0.402. The van der Waals surface area contributed by atoms with Crippen molar-refractivity contribution in [2.24, 2.45) is 0 Å². The number of hydrogen-bond acceptors (Lipinski definition) is 2. The van der Waals surface area contributed by atoms with Crippen LogP contribution in [0.5, 0.6) is 0 Å². The molecule has 2 heterocycles. The Kier molecular flexibility index (Phi) is 1.70. The zero-order valence-corrected chi connectivity index (χ0v) is 7.76. The molecule has 0 saturated heterocycles. The van der Waals surface area contributed by atoms with Crippen molar-refractivity contribution < 1.29 is 0 Å². The van der Waals surface area contributed by atoms with Crippen LogP contribution in [0.2, 0.25) is 10.3 Å². The molecule has 0 aliphatic heterocycles. The maximum absolute atomic E-state index is 5.97. The first-order valence-corrected chi connectivity index (χ1v) is 4.10. The van der Waals surface area contributed by atoms with Gasteiger partial charge in [0.15, 0.2) is 0 Å². The predicted octanol–water partition coefficient (Wildman–Crippen LogP) is 2.34. The summed E-state index contributed by atoms with van der Waals surface area (Å²) in [6.07, 6.45) is 3.37. The molecule has 0 radical (unpaired) electrons. The van der Waals surface area contributed by atoms with Gasteiger partial charge in [-0.05, 0) is 6.92 Å². The minimum absolute atomic E-state index is 0.402. The summed E-state index contributed by atoms with van der Waals surface area (Å²) in [4.78, 5) is 7.99. The van der Waals surface area contributed by atoms with Crippen molar-refractivity contribution in [1.29, 1.82) is 0 Å². The van der Waals surface area contributed by atoms with Crippen LogP contribution in [0.1, 0.15) is 5.56 Å². The Morgan fingerprint density at radius 1 is 1.42 bits per heavy atom. The lowest BCUT2D eigenvalue weighted by Gasteiger charge is -2.01. The third kappa shape index (κ3) is 0.974. The largest absolute Gasteiger partial charge is 0.274 e. The van der Waals surface area contributed by atoms with Crippen LogP contribution in [-0.2, 0) is 0 Å². The summed E-state index contributed by atoms with van der Waals surface area (Å²) in [5.41, 5.74) is 0.767. The maximum Gasteiger partial charge on any atom is 0.236 e. The van der Waals surface area contributed by atoms with Crippen LogP contribution in [0.4, 0.5) is 0 Å². The molecule has 0 aliphatic carbocycles. The molecule has 62 valence electrons. The number of halogens is 2. The number of imidazole rings is 1. The van der Waals surface area contributed by atoms with E-state index in [4.69, 9.17) is 23.2 Å². The van der Waals surface area contributed by atoms with Crippen molar-refractivity contribution in [3.8, 4) is 0 Å². The van der Waals surface area contributed by atoms with Crippen molar-refractivity contribution >= 4 is 29.0 Å². The molecule has 0 amide bonds. The highest BCUT2D eigenvalue weighted by molar-refractivity contribution is 6.34. The SMILES string of the molecule is Cc1c(Cl)nc2nccn2c1Cl. The van der Waals surface area contributed by atoms with Crippen LogP contribution in [0.3, 0.4) is 0 Å². The highest BCUT2D eigenvalue weighted by Crippen LogP contribution is 2.22. The summed E-state index contributed by atoms with van der Waals surface area (Å²) in [6.45, 7) is 1.82. The van der Waals surface area contributed by atoms with Gasteiger partial charge in [0, 0.05) is 18.0 Å². The van der Waals surface area contributed by atoms with Crippen LogP contribution >= 0.6 is 23.2 Å². The van der Waals surface area contributed by atoms with Crippen LogP contribution in [0, 0.1) is 6.92 Å². The highest BCUT2D eigenvalue weighted by atomic mass is 35.5. The Bertz CT molecular complexity index is 435. The van der Waals surface area contributed by atoms with E-state index in [9.17, 15) is 0 Å². The lowest BCUT2D eigenvalue weighted by molar-refractivity contribution is 1.08. The molecule has 0 aromatic carbocycles. The highest BCUT2D eigenvalue weighted by Gasteiger charge is 2.07. The van der Waals surface area contributed by atoms with E-state index in [1.165, 1.54) is 0 Å². The fraction of sp³-hybridized carbons (Fsp3) is 0.143. The number of nitrogens with zero attached hydrogens (tertiary/aromatic N) is 3. The van der Waals surface area contributed by atoms with E-state index in [0.717, 1.165) is 5.56 Å². The van der Waals surface area contributed by atoms with Crippen LogP contribution in [0.15, 0.2) is 12.4 Å². The second kappa shape index (κ2) is 2.61. The van der Waals surface area contributed by atoms with Gasteiger partial charge in [-0.25, -0.2) is 9.97 Å². The normalized spacial score (nSPS) is 10.9. The van der Waals surface area contributed by atoms with Crippen molar-refractivity contribution in [2.75, 3.05) is 0 Å². The Morgan fingerprint density at radius 3 is 2.92 bits per heavy atom. The fourth-order valence-corrected chi connectivity index (χ4v) is 1.40. The van der Waals surface area contributed by atoms with E-state index in [0.29, 0.717) is 16.1 Å².